The predicted octanol–water partition coefficient (Wildman–Crippen LogP) is 1.45. The van der Waals surface area contributed by atoms with Crippen LogP contribution in [0.25, 0.3) is 0 Å². The number of nitro groups is 1. The number of nitrogens with one attached hydrogen (secondary N) is 2. The highest BCUT2D eigenvalue weighted by atomic mass is 16.6. The molecule has 2 aliphatic heterocycles. The Balaban J connectivity index is 1.53. The number of carbonyl (C=O) groups is 1. The van der Waals surface area contributed by atoms with E-state index in [2.05, 4.69) is 15.5 Å². The van der Waals surface area contributed by atoms with Gasteiger partial charge in [0.05, 0.1) is 24.7 Å². The fourth-order valence-electron chi connectivity index (χ4n) is 3.40. The number of benzene rings is 1. The molecule has 2 fully saturated rings. The standard InChI is InChI=1S/C17H24N4O5/c22-17(19-14-1-3-15(4-2-14)21(23)24)18-11-16(13-5-8-26-12-13)20-6-9-25-10-7-20/h1-4,13,16H,5-12H2,(H2,18,19,22). The normalized spacial score (nSPS) is 21.9. The molecule has 0 aromatic heterocycles. The van der Waals surface area contributed by atoms with Gasteiger partial charge in [0.15, 0.2) is 0 Å². The first kappa shape index (κ1) is 18.6. The molecule has 2 atom stereocenters. The number of nitro benzene ring substituents is 1. The van der Waals surface area contributed by atoms with Crippen molar-refractivity contribution in [1.29, 1.82) is 0 Å². The molecular formula is C17H24N4O5. The largest absolute Gasteiger partial charge is 0.381 e. The molecule has 0 saturated carbocycles. The molecule has 0 radical (unpaired) electrons. The zero-order valence-electron chi connectivity index (χ0n) is 14.6. The van der Waals surface area contributed by atoms with E-state index in [4.69, 9.17) is 9.47 Å². The minimum Gasteiger partial charge on any atom is -0.381 e. The van der Waals surface area contributed by atoms with Gasteiger partial charge in [-0.1, -0.05) is 0 Å². The van der Waals surface area contributed by atoms with Crippen LogP contribution in [-0.2, 0) is 9.47 Å². The molecule has 9 nitrogen and oxygen atoms in total. The number of urea groups is 1. The number of morpholine rings is 1. The van der Waals surface area contributed by atoms with Crippen LogP contribution >= 0.6 is 0 Å². The molecule has 0 aliphatic carbocycles. The predicted molar refractivity (Wildman–Crippen MR) is 95.2 cm³/mol. The third kappa shape index (κ3) is 4.90. The fourth-order valence-corrected chi connectivity index (χ4v) is 3.40. The molecule has 2 aliphatic rings. The summed E-state index contributed by atoms with van der Waals surface area (Å²) >= 11 is 0. The van der Waals surface area contributed by atoms with E-state index in [1.165, 1.54) is 24.3 Å². The minimum atomic E-state index is -0.472. The summed E-state index contributed by atoms with van der Waals surface area (Å²) in [6.07, 6.45) is 0.994. The number of ether oxygens (including phenoxy) is 2. The number of amides is 2. The number of rotatable bonds is 6. The summed E-state index contributed by atoms with van der Waals surface area (Å²) in [6, 6.07) is 5.65. The van der Waals surface area contributed by atoms with Crippen LogP contribution in [-0.4, -0.2) is 68.0 Å². The molecule has 142 valence electrons. The molecule has 2 unspecified atom stereocenters. The van der Waals surface area contributed by atoms with Crippen LogP contribution in [0.3, 0.4) is 0 Å². The van der Waals surface area contributed by atoms with Crippen molar-refractivity contribution in [2.45, 2.75) is 12.5 Å². The SMILES string of the molecule is O=C(NCC(C1CCOC1)N1CCOCC1)Nc1ccc([N+](=O)[O-])cc1. The van der Waals surface area contributed by atoms with Crippen LogP contribution in [0.15, 0.2) is 24.3 Å². The highest BCUT2D eigenvalue weighted by Crippen LogP contribution is 2.22. The van der Waals surface area contributed by atoms with E-state index < -0.39 is 4.92 Å². The van der Waals surface area contributed by atoms with Crippen molar-refractivity contribution in [3.05, 3.63) is 34.4 Å². The van der Waals surface area contributed by atoms with E-state index in [0.717, 1.165) is 26.1 Å². The molecule has 1 aromatic carbocycles. The van der Waals surface area contributed by atoms with Crippen molar-refractivity contribution in [2.24, 2.45) is 5.92 Å². The zero-order valence-corrected chi connectivity index (χ0v) is 14.6. The Morgan fingerprint density at radius 1 is 1.23 bits per heavy atom. The van der Waals surface area contributed by atoms with E-state index in [-0.39, 0.29) is 17.8 Å². The molecule has 2 N–H and O–H groups in total. The van der Waals surface area contributed by atoms with Gasteiger partial charge in [-0.05, 0) is 18.6 Å². The average Bonchev–Trinajstić information content (AvgIpc) is 3.17. The van der Waals surface area contributed by atoms with Crippen LogP contribution in [0.2, 0.25) is 0 Å². The molecule has 1 aromatic rings. The lowest BCUT2D eigenvalue weighted by atomic mass is 9.97. The highest BCUT2D eigenvalue weighted by molar-refractivity contribution is 5.89. The number of nitrogens with zero attached hydrogens (tertiary/aromatic N) is 2. The molecular weight excluding hydrogens is 340 g/mol. The quantitative estimate of drug-likeness (QED) is 0.585. The lowest BCUT2D eigenvalue weighted by Gasteiger charge is -2.37. The van der Waals surface area contributed by atoms with Gasteiger partial charge in [-0.25, -0.2) is 4.79 Å². The van der Waals surface area contributed by atoms with Gasteiger partial charge in [0.1, 0.15) is 0 Å². The van der Waals surface area contributed by atoms with Crippen LogP contribution in [0.4, 0.5) is 16.2 Å². The van der Waals surface area contributed by atoms with Crippen LogP contribution in [0.1, 0.15) is 6.42 Å². The van der Waals surface area contributed by atoms with E-state index in [1.54, 1.807) is 0 Å². The summed E-state index contributed by atoms with van der Waals surface area (Å²) in [5.74, 6) is 0.396. The number of anilines is 1. The summed E-state index contributed by atoms with van der Waals surface area (Å²) in [4.78, 5) is 24.8. The summed E-state index contributed by atoms with van der Waals surface area (Å²) in [5, 5.41) is 16.3. The Labute approximate surface area is 151 Å². The number of carbonyl (C=O) groups excluding carboxylic acids is 1. The Morgan fingerprint density at radius 3 is 2.58 bits per heavy atom. The lowest BCUT2D eigenvalue weighted by Crippen LogP contribution is -2.52. The second kappa shape index (κ2) is 8.93. The lowest BCUT2D eigenvalue weighted by molar-refractivity contribution is -0.384. The minimum absolute atomic E-state index is 0.00965. The molecule has 2 saturated heterocycles. The first-order valence-electron chi connectivity index (χ1n) is 8.82. The summed E-state index contributed by atoms with van der Waals surface area (Å²) < 4.78 is 10.9. The maximum atomic E-state index is 12.2. The summed E-state index contributed by atoms with van der Waals surface area (Å²) in [6.45, 7) is 5.12. The first-order chi connectivity index (χ1) is 12.6. The monoisotopic (exact) mass is 364 g/mol. The molecule has 0 spiro atoms. The molecule has 0 bridgehead atoms. The van der Waals surface area contributed by atoms with Crippen molar-refractivity contribution in [1.82, 2.24) is 10.2 Å². The van der Waals surface area contributed by atoms with Gasteiger partial charge in [-0.3, -0.25) is 15.0 Å². The van der Waals surface area contributed by atoms with Gasteiger partial charge in [0.25, 0.3) is 5.69 Å². The molecule has 9 heteroatoms. The number of hydrogen-bond acceptors (Lipinski definition) is 6. The Hall–Kier alpha value is -2.23. The van der Waals surface area contributed by atoms with Gasteiger partial charge in [0, 0.05) is 56.0 Å². The summed E-state index contributed by atoms with van der Waals surface area (Å²) in [5.41, 5.74) is 0.504. The van der Waals surface area contributed by atoms with Crippen molar-refractivity contribution >= 4 is 17.4 Å². The van der Waals surface area contributed by atoms with Gasteiger partial charge >= 0.3 is 6.03 Å². The Morgan fingerprint density at radius 2 is 1.96 bits per heavy atom. The molecule has 2 heterocycles. The van der Waals surface area contributed by atoms with E-state index in [0.29, 0.717) is 38.0 Å². The van der Waals surface area contributed by atoms with Crippen LogP contribution in [0, 0.1) is 16.0 Å². The molecule has 3 rings (SSSR count). The van der Waals surface area contributed by atoms with Crippen molar-refractivity contribution < 1.29 is 19.2 Å². The smallest absolute Gasteiger partial charge is 0.319 e. The van der Waals surface area contributed by atoms with Crippen molar-refractivity contribution in [3.63, 3.8) is 0 Å². The van der Waals surface area contributed by atoms with Crippen molar-refractivity contribution in [3.8, 4) is 0 Å². The van der Waals surface area contributed by atoms with E-state index >= 15 is 0 Å². The average molecular weight is 364 g/mol. The van der Waals surface area contributed by atoms with Gasteiger partial charge < -0.3 is 20.1 Å². The van der Waals surface area contributed by atoms with Gasteiger partial charge in [0.2, 0.25) is 0 Å². The maximum Gasteiger partial charge on any atom is 0.319 e. The second-order valence-electron chi connectivity index (χ2n) is 6.48. The topological polar surface area (TPSA) is 106 Å². The maximum absolute atomic E-state index is 12.2. The summed E-state index contributed by atoms with van der Waals surface area (Å²) in [7, 11) is 0. The number of non-ortho nitro benzene ring substituents is 1. The second-order valence-corrected chi connectivity index (χ2v) is 6.48. The van der Waals surface area contributed by atoms with E-state index in [9.17, 15) is 14.9 Å². The van der Waals surface area contributed by atoms with Crippen LogP contribution < -0.4 is 10.6 Å². The number of hydrogen-bond donors (Lipinski definition) is 2. The molecule has 2 amide bonds. The van der Waals surface area contributed by atoms with E-state index in [1.807, 2.05) is 0 Å². The van der Waals surface area contributed by atoms with Gasteiger partial charge in [-0.15, -0.1) is 0 Å². The fraction of sp³-hybridized carbons (Fsp3) is 0.588. The third-order valence-electron chi connectivity index (χ3n) is 4.83. The Bertz CT molecular complexity index is 612. The zero-order chi connectivity index (χ0) is 18.4. The highest BCUT2D eigenvalue weighted by Gasteiger charge is 2.31. The molecule has 26 heavy (non-hydrogen) atoms. The third-order valence-corrected chi connectivity index (χ3v) is 4.83. The van der Waals surface area contributed by atoms with Gasteiger partial charge in [-0.2, -0.15) is 0 Å². The van der Waals surface area contributed by atoms with Crippen LogP contribution in [0.5, 0.6) is 0 Å². The first-order valence-corrected chi connectivity index (χ1v) is 8.82. The van der Waals surface area contributed by atoms with Crippen molar-refractivity contribution in [2.75, 3.05) is 51.4 Å². The Kier molecular flexibility index (Phi) is 6.37.